The second-order valence-corrected chi connectivity index (χ2v) is 5.66. The van der Waals surface area contributed by atoms with Crippen molar-refractivity contribution in [1.29, 1.82) is 0 Å². The molecule has 0 fully saturated rings. The number of carbonyl (C=O) groups excluding carboxylic acids is 1. The van der Waals surface area contributed by atoms with E-state index in [1.807, 2.05) is 24.3 Å². The molecule has 25 heavy (non-hydrogen) atoms. The van der Waals surface area contributed by atoms with E-state index in [9.17, 15) is 9.59 Å². The molecular weight excluding hydrogens is 326 g/mol. The van der Waals surface area contributed by atoms with Crippen molar-refractivity contribution in [1.82, 2.24) is 15.5 Å². The Morgan fingerprint density at radius 2 is 2.04 bits per heavy atom. The summed E-state index contributed by atoms with van der Waals surface area (Å²) >= 11 is 0. The van der Waals surface area contributed by atoms with E-state index in [2.05, 4.69) is 15.5 Å². The molecule has 0 aliphatic carbocycles. The van der Waals surface area contributed by atoms with Crippen LogP contribution in [0.3, 0.4) is 0 Å². The maximum atomic E-state index is 11.7. The third kappa shape index (κ3) is 5.91. The van der Waals surface area contributed by atoms with E-state index in [1.54, 1.807) is 14.0 Å². The lowest BCUT2D eigenvalue weighted by Gasteiger charge is -2.10. The summed E-state index contributed by atoms with van der Waals surface area (Å²) in [5, 5.41) is 15.2. The minimum absolute atomic E-state index is 0.0966. The van der Waals surface area contributed by atoms with E-state index in [1.165, 1.54) is 0 Å². The molecule has 1 heterocycles. The number of aryl methyl sites for hydroxylation is 1. The zero-order valence-corrected chi connectivity index (χ0v) is 14.2. The summed E-state index contributed by atoms with van der Waals surface area (Å²) in [6, 6.07) is 6.91. The van der Waals surface area contributed by atoms with Crippen molar-refractivity contribution in [3.63, 3.8) is 0 Å². The minimum atomic E-state index is -0.940. The highest BCUT2D eigenvalue weighted by atomic mass is 16.5. The molecule has 0 saturated heterocycles. The summed E-state index contributed by atoms with van der Waals surface area (Å²) in [5.74, 6) is 0.554. The highest BCUT2D eigenvalue weighted by molar-refractivity contribution is 5.77. The van der Waals surface area contributed by atoms with E-state index >= 15 is 0 Å². The lowest BCUT2D eigenvalue weighted by molar-refractivity contribution is -0.137. The third-order valence-corrected chi connectivity index (χ3v) is 3.50. The lowest BCUT2D eigenvalue weighted by atomic mass is 10.2. The lowest BCUT2D eigenvalue weighted by Crippen LogP contribution is -2.34. The van der Waals surface area contributed by atoms with Gasteiger partial charge in [0.15, 0.2) is 0 Å². The van der Waals surface area contributed by atoms with Gasteiger partial charge in [-0.15, -0.1) is 0 Å². The molecule has 1 amide bonds. The Labute approximate surface area is 145 Å². The van der Waals surface area contributed by atoms with Gasteiger partial charge < -0.3 is 19.7 Å². The standard InChI is InChI=1S/C17H21N3O5/c1-11(10-16(22)23)18-14(21)4-3-5-15-19-17(20-25-15)12-6-8-13(24-2)9-7-12/h6-9,11H,3-5,10H2,1-2H3,(H,18,21)(H,22,23). The summed E-state index contributed by atoms with van der Waals surface area (Å²) in [6.45, 7) is 1.66. The van der Waals surface area contributed by atoms with E-state index in [-0.39, 0.29) is 18.7 Å². The number of carboxylic acid groups (broad SMARTS) is 1. The highest BCUT2D eigenvalue weighted by Crippen LogP contribution is 2.20. The van der Waals surface area contributed by atoms with Crippen LogP contribution in [-0.2, 0) is 16.0 Å². The summed E-state index contributed by atoms with van der Waals surface area (Å²) in [7, 11) is 1.60. The molecule has 1 aromatic carbocycles. The first-order valence-corrected chi connectivity index (χ1v) is 7.96. The smallest absolute Gasteiger partial charge is 0.305 e. The number of methoxy groups -OCH3 is 1. The molecule has 134 valence electrons. The van der Waals surface area contributed by atoms with Gasteiger partial charge in [0.1, 0.15) is 5.75 Å². The second-order valence-electron chi connectivity index (χ2n) is 5.66. The molecule has 2 N–H and O–H groups in total. The van der Waals surface area contributed by atoms with Gasteiger partial charge in [-0.25, -0.2) is 0 Å². The number of hydrogen-bond acceptors (Lipinski definition) is 6. The van der Waals surface area contributed by atoms with Crippen molar-refractivity contribution < 1.29 is 24.0 Å². The Kier molecular flexibility index (Phi) is 6.50. The molecule has 2 aromatic rings. The van der Waals surface area contributed by atoms with Crippen LogP contribution in [-0.4, -0.2) is 40.3 Å². The second kappa shape index (κ2) is 8.81. The number of nitrogens with one attached hydrogen (secondary N) is 1. The molecule has 8 nitrogen and oxygen atoms in total. The van der Waals surface area contributed by atoms with Gasteiger partial charge in [0.2, 0.25) is 17.6 Å². The molecule has 0 saturated carbocycles. The zero-order chi connectivity index (χ0) is 18.2. The van der Waals surface area contributed by atoms with E-state index in [0.717, 1.165) is 11.3 Å². The molecule has 1 aromatic heterocycles. The maximum absolute atomic E-state index is 11.7. The number of aromatic nitrogens is 2. The minimum Gasteiger partial charge on any atom is -0.497 e. The van der Waals surface area contributed by atoms with Crippen molar-refractivity contribution in [2.45, 2.75) is 38.6 Å². The van der Waals surface area contributed by atoms with Gasteiger partial charge in [0, 0.05) is 24.4 Å². The number of rotatable bonds is 9. The Morgan fingerprint density at radius 1 is 1.32 bits per heavy atom. The number of nitrogens with zero attached hydrogens (tertiary/aromatic N) is 2. The molecule has 1 unspecified atom stereocenters. The van der Waals surface area contributed by atoms with E-state index in [0.29, 0.717) is 24.6 Å². The molecule has 0 spiro atoms. The summed E-state index contributed by atoms with van der Waals surface area (Å²) < 4.78 is 10.3. The van der Waals surface area contributed by atoms with Crippen LogP contribution in [0.5, 0.6) is 5.75 Å². The number of amides is 1. The summed E-state index contributed by atoms with van der Waals surface area (Å²) in [4.78, 5) is 26.6. The normalized spacial score (nSPS) is 11.8. The van der Waals surface area contributed by atoms with Crippen molar-refractivity contribution in [2.75, 3.05) is 7.11 Å². The van der Waals surface area contributed by atoms with Gasteiger partial charge in [0.05, 0.1) is 13.5 Å². The van der Waals surface area contributed by atoms with Crippen LogP contribution in [0.25, 0.3) is 11.4 Å². The SMILES string of the molecule is COc1ccc(-c2noc(CCCC(=O)NC(C)CC(=O)O)n2)cc1. The number of ether oxygens (including phenoxy) is 1. The molecule has 0 aliphatic heterocycles. The zero-order valence-electron chi connectivity index (χ0n) is 14.2. The molecule has 8 heteroatoms. The highest BCUT2D eigenvalue weighted by Gasteiger charge is 2.12. The molecule has 2 rings (SSSR count). The topological polar surface area (TPSA) is 115 Å². The summed E-state index contributed by atoms with van der Waals surface area (Å²) in [6.07, 6.45) is 1.19. The van der Waals surface area contributed by atoms with Crippen LogP contribution >= 0.6 is 0 Å². The number of carbonyl (C=O) groups is 2. The average Bonchev–Trinajstić information content (AvgIpc) is 3.03. The first-order chi connectivity index (χ1) is 12.0. The van der Waals surface area contributed by atoms with Crippen LogP contribution in [0, 0.1) is 0 Å². The van der Waals surface area contributed by atoms with Crippen LogP contribution in [0.4, 0.5) is 0 Å². The first-order valence-electron chi connectivity index (χ1n) is 7.96. The number of hydrogen-bond donors (Lipinski definition) is 2. The van der Waals surface area contributed by atoms with Crippen molar-refractivity contribution in [3.8, 4) is 17.1 Å². The third-order valence-electron chi connectivity index (χ3n) is 3.50. The Morgan fingerprint density at radius 3 is 2.68 bits per heavy atom. The van der Waals surface area contributed by atoms with Crippen LogP contribution in [0.15, 0.2) is 28.8 Å². The average molecular weight is 347 g/mol. The molecule has 0 aliphatic rings. The first kappa shape index (κ1) is 18.4. The maximum Gasteiger partial charge on any atom is 0.305 e. The van der Waals surface area contributed by atoms with Crippen molar-refractivity contribution in [3.05, 3.63) is 30.2 Å². The van der Waals surface area contributed by atoms with E-state index in [4.69, 9.17) is 14.4 Å². The predicted molar refractivity (Wildman–Crippen MR) is 89.1 cm³/mol. The Balaban J connectivity index is 1.79. The fraction of sp³-hybridized carbons (Fsp3) is 0.412. The number of carboxylic acids is 1. The Hall–Kier alpha value is -2.90. The molecular formula is C17H21N3O5. The molecule has 0 radical (unpaired) electrons. The fourth-order valence-electron chi connectivity index (χ4n) is 2.27. The van der Waals surface area contributed by atoms with E-state index < -0.39 is 12.0 Å². The van der Waals surface area contributed by atoms with Gasteiger partial charge in [0.25, 0.3) is 0 Å². The van der Waals surface area contributed by atoms with Crippen molar-refractivity contribution >= 4 is 11.9 Å². The molecule has 1 atom stereocenters. The van der Waals surface area contributed by atoms with Crippen LogP contribution < -0.4 is 10.1 Å². The van der Waals surface area contributed by atoms with Gasteiger partial charge in [-0.2, -0.15) is 4.98 Å². The Bertz CT molecular complexity index is 711. The van der Waals surface area contributed by atoms with Crippen molar-refractivity contribution in [2.24, 2.45) is 0 Å². The van der Waals surface area contributed by atoms with Gasteiger partial charge in [-0.05, 0) is 37.6 Å². The van der Waals surface area contributed by atoms with Crippen LogP contribution in [0.1, 0.15) is 32.1 Å². The largest absolute Gasteiger partial charge is 0.497 e. The number of aliphatic carboxylic acids is 1. The summed E-state index contributed by atoms with van der Waals surface area (Å²) in [5.41, 5.74) is 0.816. The quantitative estimate of drug-likeness (QED) is 0.713. The fourth-order valence-corrected chi connectivity index (χ4v) is 2.27. The molecule has 0 bridgehead atoms. The van der Waals surface area contributed by atoms with Crippen LogP contribution in [0.2, 0.25) is 0 Å². The van der Waals surface area contributed by atoms with Gasteiger partial charge in [-0.3, -0.25) is 9.59 Å². The predicted octanol–water partition coefficient (Wildman–Crippen LogP) is 2.05. The van der Waals surface area contributed by atoms with Gasteiger partial charge >= 0.3 is 5.97 Å². The van der Waals surface area contributed by atoms with Gasteiger partial charge in [-0.1, -0.05) is 5.16 Å². The monoisotopic (exact) mass is 347 g/mol. The number of benzene rings is 1.